The summed E-state index contributed by atoms with van der Waals surface area (Å²) in [5.41, 5.74) is 0. The number of hydrogen-bond acceptors (Lipinski definition) is 19. The van der Waals surface area contributed by atoms with Gasteiger partial charge in [0.1, 0.15) is 18.3 Å². The van der Waals surface area contributed by atoms with Gasteiger partial charge in [-0.2, -0.15) is 0 Å². The van der Waals surface area contributed by atoms with E-state index in [1.807, 2.05) is 0 Å². The van der Waals surface area contributed by atoms with Crippen LogP contribution in [-0.2, 0) is 68.3 Å². The molecule has 20 nitrogen and oxygen atoms in total. The first kappa shape index (κ1) is 30.5. The molecule has 7 atom stereocenters. The fourth-order valence-electron chi connectivity index (χ4n) is 3.11. The zero-order valence-electron chi connectivity index (χ0n) is 16.8. The SMILES string of the molecule is O=S(=O)([O-])NC1[C@H](O[C@H]2COCC(OS(=O)(=O)[O-])[C@H]2O)OC(COS(=O)(=O)[O-])C[C@@H]1OS(=O)(=O)[O-]. The van der Waals surface area contributed by atoms with E-state index < -0.39 is 111 Å². The van der Waals surface area contributed by atoms with Crippen LogP contribution in [0, 0.1) is 0 Å². The Hall–Kier alpha value is -0.680. The molecular formula is C11H17NO19S4-4. The van der Waals surface area contributed by atoms with Gasteiger partial charge in [-0.05, 0) is 0 Å². The van der Waals surface area contributed by atoms with Gasteiger partial charge < -0.3 is 37.5 Å². The minimum atomic E-state index is -5.59. The van der Waals surface area contributed by atoms with E-state index in [1.165, 1.54) is 4.72 Å². The maximum absolute atomic E-state index is 11.3. The molecule has 2 aliphatic heterocycles. The molecule has 2 heterocycles. The summed E-state index contributed by atoms with van der Waals surface area (Å²) in [6.45, 7) is -2.33. The van der Waals surface area contributed by atoms with E-state index in [-0.39, 0.29) is 0 Å². The van der Waals surface area contributed by atoms with Gasteiger partial charge in [-0.3, -0.25) is 12.5 Å². The van der Waals surface area contributed by atoms with Crippen molar-refractivity contribution in [2.24, 2.45) is 0 Å². The van der Waals surface area contributed by atoms with Crippen LogP contribution in [0.3, 0.4) is 0 Å². The molecule has 0 radical (unpaired) electrons. The first-order valence-electron chi connectivity index (χ1n) is 8.91. The standard InChI is InChI=1S/C11H21NO19S4/c13-10-7(3-26-4-8(10)31-35(23,24)25)29-11-9(12-32(14,15)16)6(30-34(20,21)22)1-5(28-11)2-27-33(17,18)19/h5-13H,1-4H2,(H,14,15,16)(H,17,18,19)(H,20,21,22)(H,23,24,25)/p-4/t5?,6-,7-,8?,9?,10-,11-/m0/s1. The van der Waals surface area contributed by atoms with Crippen molar-refractivity contribution >= 4 is 41.5 Å². The van der Waals surface area contributed by atoms with Gasteiger partial charge in [0.15, 0.2) is 16.6 Å². The van der Waals surface area contributed by atoms with Crippen molar-refractivity contribution in [2.75, 3.05) is 19.8 Å². The van der Waals surface area contributed by atoms with Crippen LogP contribution in [-0.4, -0.2) is 120 Å². The molecule has 208 valence electrons. The zero-order valence-corrected chi connectivity index (χ0v) is 20.1. The van der Waals surface area contributed by atoms with Crippen molar-refractivity contribution in [1.29, 1.82) is 0 Å². The van der Waals surface area contributed by atoms with Crippen molar-refractivity contribution in [3.8, 4) is 0 Å². The zero-order chi connectivity index (χ0) is 26.8. The average molecular weight is 596 g/mol. The van der Waals surface area contributed by atoms with Gasteiger partial charge in [0, 0.05) is 6.42 Å². The predicted octanol–water partition coefficient (Wildman–Crippen LogP) is -5.54. The third-order valence-corrected chi connectivity index (χ3v) is 6.26. The van der Waals surface area contributed by atoms with Gasteiger partial charge in [-0.1, -0.05) is 0 Å². The summed E-state index contributed by atoms with van der Waals surface area (Å²) < 4.78 is 161. The van der Waals surface area contributed by atoms with Gasteiger partial charge in [0.2, 0.25) is 31.2 Å². The lowest BCUT2D eigenvalue weighted by molar-refractivity contribution is -0.278. The fraction of sp³-hybridized carbons (Fsp3) is 1.00. The predicted molar refractivity (Wildman–Crippen MR) is 96.4 cm³/mol. The van der Waals surface area contributed by atoms with Crippen molar-refractivity contribution in [3.05, 3.63) is 0 Å². The summed E-state index contributed by atoms with van der Waals surface area (Å²) in [6, 6.07) is -2.14. The van der Waals surface area contributed by atoms with Gasteiger partial charge in [0.05, 0.1) is 38.1 Å². The largest absolute Gasteiger partial charge is 0.735 e. The molecule has 35 heavy (non-hydrogen) atoms. The average Bonchev–Trinajstić information content (AvgIpc) is 2.62. The first-order valence-corrected chi connectivity index (χ1v) is 14.3. The molecule has 2 N–H and O–H groups in total. The Bertz CT molecular complexity index is 1150. The van der Waals surface area contributed by atoms with Gasteiger partial charge in [-0.25, -0.2) is 38.4 Å². The summed E-state index contributed by atoms with van der Waals surface area (Å²) in [7, 11) is -21.7. The van der Waals surface area contributed by atoms with Crippen molar-refractivity contribution in [3.63, 3.8) is 0 Å². The normalized spacial score (nSPS) is 33.5. The van der Waals surface area contributed by atoms with Crippen LogP contribution < -0.4 is 4.72 Å². The molecular weight excluding hydrogens is 578 g/mol. The molecule has 0 bridgehead atoms. The van der Waals surface area contributed by atoms with Crippen LogP contribution in [0.2, 0.25) is 0 Å². The van der Waals surface area contributed by atoms with Crippen LogP contribution in [0.5, 0.6) is 0 Å². The molecule has 0 spiro atoms. The monoisotopic (exact) mass is 595 g/mol. The van der Waals surface area contributed by atoms with Crippen LogP contribution in [0.1, 0.15) is 6.42 Å². The molecule has 24 heteroatoms. The fourth-order valence-corrected chi connectivity index (χ4v) is 5.00. The summed E-state index contributed by atoms with van der Waals surface area (Å²) in [6.07, 6.45) is -12.2. The van der Waals surface area contributed by atoms with E-state index in [0.29, 0.717) is 0 Å². The van der Waals surface area contributed by atoms with E-state index >= 15 is 0 Å². The number of nitrogens with one attached hydrogen (secondary N) is 1. The van der Waals surface area contributed by atoms with Crippen LogP contribution in [0.25, 0.3) is 0 Å². The maximum atomic E-state index is 11.3. The molecule has 0 aromatic carbocycles. The number of aliphatic hydroxyl groups is 1. The highest BCUT2D eigenvalue weighted by Gasteiger charge is 2.46. The number of hydrogen-bond donors (Lipinski definition) is 2. The molecule has 3 unspecified atom stereocenters. The smallest absolute Gasteiger partial charge is 0.218 e. The lowest BCUT2D eigenvalue weighted by Gasteiger charge is -2.44. The van der Waals surface area contributed by atoms with Gasteiger partial charge in [-0.15, -0.1) is 0 Å². The second kappa shape index (κ2) is 11.4. The van der Waals surface area contributed by atoms with E-state index in [9.17, 15) is 57.0 Å². The van der Waals surface area contributed by atoms with Gasteiger partial charge in [0.25, 0.3) is 0 Å². The van der Waals surface area contributed by atoms with E-state index in [1.54, 1.807) is 0 Å². The van der Waals surface area contributed by atoms with Crippen LogP contribution in [0.15, 0.2) is 0 Å². The molecule has 0 amide bonds. The lowest BCUT2D eigenvalue weighted by atomic mass is 10.0. The molecule has 0 aliphatic carbocycles. The number of rotatable bonds is 11. The minimum absolute atomic E-state index is 0.585. The molecule has 0 aromatic rings. The second-order valence-corrected chi connectivity index (χ2v) is 11.2. The molecule has 2 saturated heterocycles. The first-order chi connectivity index (χ1) is 15.7. The number of ether oxygens (including phenoxy) is 3. The van der Waals surface area contributed by atoms with Crippen LogP contribution >= 0.6 is 0 Å². The Morgan fingerprint density at radius 3 is 1.89 bits per heavy atom. The molecule has 2 aliphatic rings. The van der Waals surface area contributed by atoms with Crippen molar-refractivity contribution in [2.45, 2.75) is 49.3 Å². The van der Waals surface area contributed by atoms with Crippen molar-refractivity contribution in [1.82, 2.24) is 4.72 Å². The highest BCUT2D eigenvalue weighted by Crippen LogP contribution is 2.29. The minimum Gasteiger partial charge on any atom is -0.735 e. The van der Waals surface area contributed by atoms with E-state index in [2.05, 4.69) is 12.5 Å². The Kier molecular flexibility index (Phi) is 9.93. The Morgan fingerprint density at radius 2 is 1.37 bits per heavy atom. The summed E-state index contributed by atoms with van der Waals surface area (Å²) >= 11 is 0. The van der Waals surface area contributed by atoms with E-state index in [0.717, 1.165) is 0 Å². The van der Waals surface area contributed by atoms with Crippen molar-refractivity contribution < 1.29 is 83.7 Å². The molecule has 0 aromatic heterocycles. The maximum Gasteiger partial charge on any atom is 0.218 e. The summed E-state index contributed by atoms with van der Waals surface area (Å²) in [5, 5.41) is 10.3. The molecule has 2 fully saturated rings. The van der Waals surface area contributed by atoms with E-state index in [4.69, 9.17) is 14.2 Å². The summed E-state index contributed by atoms with van der Waals surface area (Å²) in [4.78, 5) is 0. The summed E-state index contributed by atoms with van der Waals surface area (Å²) in [5.74, 6) is 0. The topological polar surface area (TPSA) is 316 Å². The van der Waals surface area contributed by atoms with Crippen LogP contribution in [0.4, 0.5) is 0 Å². The third kappa shape index (κ3) is 11.1. The lowest BCUT2D eigenvalue weighted by Crippen LogP contribution is -2.62. The van der Waals surface area contributed by atoms with Gasteiger partial charge >= 0.3 is 0 Å². The molecule has 2 rings (SSSR count). The third-order valence-electron chi connectivity index (χ3n) is 4.31. The quantitative estimate of drug-likeness (QED) is 0.166. The number of aliphatic hydroxyl groups excluding tert-OH is 1. The second-order valence-electron chi connectivity index (χ2n) is 6.94. The highest BCUT2D eigenvalue weighted by molar-refractivity contribution is 7.83. The Balaban J connectivity index is 2.34. The molecule has 0 saturated carbocycles. The Labute approximate surface area is 199 Å². The highest BCUT2D eigenvalue weighted by atomic mass is 32.3. The Morgan fingerprint density at radius 1 is 0.829 bits per heavy atom.